The van der Waals surface area contributed by atoms with Crippen molar-refractivity contribution in [1.29, 1.82) is 0 Å². The molecule has 0 aliphatic carbocycles. The second-order valence-electron chi connectivity index (χ2n) is 5.55. The molecule has 0 radical (unpaired) electrons. The van der Waals surface area contributed by atoms with Gasteiger partial charge in [-0.1, -0.05) is 35.9 Å². The lowest BCUT2D eigenvalue weighted by atomic mass is 10.1. The van der Waals surface area contributed by atoms with Crippen molar-refractivity contribution >= 4 is 34.3 Å². The number of hydrogen-bond donors (Lipinski definition) is 2. The minimum atomic E-state index is -0.569. The number of halogens is 2. The predicted molar refractivity (Wildman–Crippen MR) is 93.6 cm³/mol. The van der Waals surface area contributed by atoms with Crippen LogP contribution >= 0.6 is 11.6 Å². The number of aromatic nitrogens is 1. The number of nitrogens with one attached hydrogen (secondary N) is 2. The molecule has 2 amide bonds. The highest BCUT2D eigenvalue weighted by atomic mass is 35.5. The second-order valence-corrected chi connectivity index (χ2v) is 5.96. The lowest BCUT2D eigenvalue weighted by Gasteiger charge is -2.08. The van der Waals surface area contributed by atoms with Gasteiger partial charge in [-0.05, 0) is 18.2 Å². The molecule has 0 spiro atoms. The molecule has 128 valence electrons. The number of carbonyl (C=O) groups is 2. The van der Waals surface area contributed by atoms with Crippen LogP contribution in [0.1, 0.15) is 15.9 Å². The average Bonchev–Trinajstić information content (AvgIpc) is 2.94. The standard InChI is InChI=1S/C18H15ClFN3O2/c1-23-10-13(11-5-2-3-8-16(11)23)18(25)22-21-17(24)9-12-14(19)6-4-7-15(12)20/h2-8,10H,9H2,1H3,(H,21,24)(H,22,25). The maximum absolute atomic E-state index is 13.7. The first-order valence-corrected chi connectivity index (χ1v) is 7.91. The first kappa shape index (κ1) is 17.0. The van der Waals surface area contributed by atoms with Crippen LogP contribution in [0, 0.1) is 5.82 Å². The van der Waals surface area contributed by atoms with E-state index in [4.69, 9.17) is 11.6 Å². The van der Waals surface area contributed by atoms with Crippen molar-refractivity contribution < 1.29 is 14.0 Å². The van der Waals surface area contributed by atoms with Crippen molar-refractivity contribution in [3.8, 4) is 0 Å². The van der Waals surface area contributed by atoms with Crippen LogP contribution in [0.4, 0.5) is 4.39 Å². The molecule has 1 aromatic heterocycles. The third kappa shape index (κ3) is 3.49. The van der Waals surface area contributed by atoms with Crippen molar-refractivity contribution in [2.24, 2.45) is 7.05 Å². The summed E-state index contributed by atoms with van der Waals surface area (Å²) in [5, 5.41) is 0.935. The van der Waals surface area contributed by atoms with Crippen LogP contribution in [0.5, 0.6) is 0 Å². The van der Waals surface area contributed by atoms with E-state index in [1.807, 2.05) is 35.9 Å². The number of carbonyl (C=O) groups excluding carboxylic acids is 2. The Kier molecular flexibility index (Phi) is 4.72. The van der Waals surface area contributed by atoms with Crippen molar-refractivity contribution in [3.63, 3.8) is 0 Å². The molecule has 25 heavy (non-hydrogen) atoms. The van der Waals surface area contributed by atoms with Crippen molar-refractivity contribution in [2.45, 2.75) is 6.42 Å². The highest BCUT2D eigenvalue weighted by molar-refractivity contribution is 6.31. The molecule has 2 aromatic carbocycles. The molecule has 0 aliphatic heterocycles. The van der Waals surface area contributed by atoms with E-state index in [1.165, 1.54) is 18.2 Å². The number of hydrazine groups is 1. The van der Waals surface area contributed by atoms with Gasteiger partial charge in [0.2, 0.25) is 5.91 Å². The number of aryl methyl sites for hydroxylation is 1. The maximum Gasteiger partial charge on any atom is 0.271 e. The van der Waals surface area contributed by atoms with E-state index in [-0.39, 0.29) is 17.0 Å². The second kappa shape index (κ2) is 6.94. The largest absolute Gasteiger partial charge is 0.350 e. The van der Waals surface area contributed by atoms with E-state index in [0.29, 0.717) is 5.56 Å². The zero-order valence-corrected chi connectivity index (χ0v) is 14.1. The van der Waals surface area contributed by atoms with Gasteiger partial charge in [0, 0.05) is 34.7 Å². The minimum absolute atomic E-state index is 0.0843. The van der Waals surface area contributed by atoms with E-state index in [2.05, 4.69) is 10.9 Å². The molecular weight excluding hydrogens is 345 g/mol. The van der Waals surface area contributed by atoms with Crippen LogP contribution in [0.2, 0.25) is 5.02 Å². The van der Waals surface area contributed by atoms with Crippen LogP contribution in [0.3, 0.4) is 0 Å². The molecule has 0 unspecified atom stereocenters. The molecular formula is C18H15ClFN3O2. The van der Waals surface area contributed by atoms with Crippen LogP contribution in [0.25, 0.3) is 10.9 Å². The minimum Gasteiger partial charge on any atom is -0.350 e. The number of amides is 2. The van der Waals surface area contributed by atoms with Gasteiger partial charge in [0.1, 0.15) is 5.82 Å². The van der Waals surface area contributed by atoms with Crippen LogP contribution in [-0.2, 0) is 18.3 Å². The zero-order chi connectivity index (χ0) is 18.0. The number of benzene rings is 2. The monoisotopic (exact) mass is 359 g/mol. The molecule has 3 aromatic rings. The smallest absolute Gasteiger partial charge is 0.271 e. The molecule has 0 bridgehead atoms. The molecule has 5 nitrogen and oxygen atoms in total. The zero-order valence-electron chi connectivity index (χ0n) is 13.3. The van der Waals surface area contributed by atoms with Gasteiger partial charge in [0.05, 0.1) is 12.0 Å². The van der Waals surface area contributed by atoms with E-state index in [1.54, 1.807) is 6.20 Å². The molecule has 7 heteroatoms. The van der Waals surface area contributed by atoms with Crippen LogP contribution in [-0.4, -0.2) is 16.4 Å². The quantitative estimate of drug-likeness (QED) is 0.706. The first-order chi connectivity index (χ1) is 12.0. The summed E-state index contributed by atoms with van der Waals surface area (Å²) in [5.41, 5.74) is 6.05. The molecule has 0 aliphatic rings. The Hall–Kier alpha value is -2.86. The summed E-state index contributed by atoms with van der Waals surface area (Å²) in [6.07, 6.45) is 1.40. The molecule has 1 heterocycles. The topological polar surface area (TPSA) is 63.1 Å². The summed E-state index contributed by atoms with van der Waals surface area (Å²) >= 11 is 5.89. The van der Waals surface area contributed by atoms with E-state index < -0.39 is 17.6 Å². The highest BCUT2D eigenvalue weighted by Crippen LogP contribution is 2.20. The summed E-state index contributed by atoms with van der Waals surface area (Å²) in [6, 6.07) is 11.6. The number of fused-ring (bicyclic) bond motifs is 1. The fourth-order valence-corrected chi connectivity index (χ4v) is 2.85. The summed E-state index contributed by atoms with van der Waals surface area (Å²) in [7, 11) is 1.83. The molecule has 0 fully saturated rings. The number of rotatable bonds is 3. The molecule has 0 saturated heterocycles. The Morgan fingerprint density at radius 1 is 1.12 bits per heavy atom. The van der Waals surface area contributed by atoms with E-state index >= 15 is 0 Å². The van der Waals surface area contributed by atoms with Gasteiger partial charge in [0.15, 0.2) is 0 Å². The van der Waals surface area contributed by atoms with Gasteiger partial charge in [-0.25, -0.2) is 4.39 Å². The molecule has 2 N–H and O–H groups in total. The van der Waals surface area contributed by atoms with Gasteiger partial charge in [0.25, 0.3) is 5.91 Å². The third-order valence-electron chi connectivity index (χ3n) is 3.86. The Morgan fingerprint density at radius 3 is 2.64 bits per heavy atom. The number of hydrogen-bond acceptors (Lipinski definition) is 2. The lowest BCUT2D eigenvalue weighted by molar-refractivity contribution is -0.121. The normalized spacial score (nSPS) is 10.7. The molecule has 0 saturated carbocycles. The Labute approximate surface area is 148 Å². The lowest BCUT2D eigenvalue weighted by Crippen LogP contribution is -2.42. The summed E-state index contributed by atoms with van der Waals surface area (Å²) < 4.78 is 15.5. The summed E-state index contributed by atoms with van der Waals surface area (Å²) in [6.45, 7) is 0. The third-order valence-corrected chi connectivity index (χ3v) is 4.21. The predicted octanol–water partition coefficient (Wildman–Crippen LogP) is 2.97. The van der Waals surface area contributed by atoms with Gasteiger partial charge in [-0.15, -0.1) is 0 Å². The van der Waals surface area contributed by atoms with Crippen LogP contribution in [0.15, 0.2) is 48.7 Å². The first-order valence-electron chi connectivity index (χ1n) is 7.53. The van der Waals surface area contributed by atoms with E-state index in [0.717, 1.165) is 10.9 Å². The molecule has 3 rings (SSSR count). The Balaban J connectivity index is 1.69. The summed E-state index contributed by atoms with van der Waals surface area (Å²) in [5.74, 6) is -1.59. The van der Waals surface area contributed by atoms with E-state index in [9.17, 15) is 14.0 Å². The number of nitrogens with zero attached hydrogens (tertiary/aromatic N) is 1. The Bertz CT molecular complexity index is 948. The molecule has 0 atom stereocenters. The van der Waals surface area contributed by atoms with Crippen molar-refractivity contribution in [3.05, 3.63) is 70.6 Å². The van der Waals surface area contributed by atoms with Crippen LogP contribution < -0.4 is 10.9 Å². The summed E-state index contributed by atoms with van der Waals surface area (Å²) in [4.78, 5) is 24.3. The van der Waals surface area contributed by atoms with Gasteiger partial charge in [-0.3, -0.25) is 20.4 Å². The SMILES string of the molecule is Cn1cc(C(=O)NNC(=O)Cc2c(F)cccc2Cl)c2ccccc21. The van der Waals surface area contributed by atoms with Crippen molar-refractivity contribution in [2.75, 3.05) is 0 Å². The van der Waals surface area contributed by atoms with Crippen molar-refractivity contribution in [1.82, 2.24) is 15.4 Å². The number of para-hydroxylation sites is 1. The fraction of sp³-hybridized carbons (Fsp3) is 0.111. The van der Waals surface area contributed by atoms with Gasteiger partial charge < -0.3 is 4.57 Å². The van der Waals surface area contributed by atoms with Gasteiger partial charge in [-0.2, -0.15) is 0 Å². The maximum atomic E-state index is 13.7. The van der Waals surface area contributed by atoms with Gasteiger partial charge >= 0.3 is 0 Å². The fourth-order valence-electron chi connectivity index (χ4n) is 2.62. The Morgan fingerprint density at radius 2 is 1.88 bits per heavy atom. The highest BCUT2D eigenvalue weighted by Gasteiger charge is 2.16. The average molecular weight is 360 g/mol.